The van der Waals surface area contributed by atoms with Crippen LogP contribution < -0.4 is 4.74 Å². The Morgan fingerprint density at radius 2 is 1.20 bits per heavy atom. The molecule has 0 saturated heterocycles. The number of benzene rings is 4. The number of allylic oxidation sites excluding steroid dienone is 6. The van der Waals surface area contributed by atoms with Crippen molar-refractivity contribution in [2.24, 2.45) is 11.8 Å². The van der Waals surface area contributed by atoms with Gasteiger partial charge in [-0.25, -0.2) is 9.59 Å². The van der Waals surface area contributed by atoms with E-state index in [4.69, 9.17) is 9.47 Å². The number of ether oxygens (including phenoxy) is 2. The van der Waals surface area contributed by atoms with Crippen molar-refractivity contribution < 1.29 is 49.1 Å². The van der Waals surface area contributed by atoms with Crippen LogP contribution in [0.3, 0.4) is 0 Å². The molecule has 0 radical (unpaired) electrons. The standard InChI is InChI=1S/C32H38O5.C22H30O4.C10H8O/c1-6-7-9-12-23-18-27(34)29(26-17-21(4)15-16-25(26)20(2)3)30-28(23)31(35)37-32(36-30,19-22(5)33)24-13-10-8-11-14-24;1-5-6-7-8-15-12-18(23)20(21(24)19(15)22(25)26)17-11-14(4)9-10-16(17)13(2)3;1-9(11)7-8-10-5-3-2-4-6-10/h8,10-11,13-14,17-18,25-26,34H,2,6-7,9,12,15-16,19H2,1,3-5H3;11-12,16-17,23-24H,2,5-10H2,1,3-4H3,(H,25,26);2-6H,1H3/t25-,26+,32?;16-,17+;/m00./s1. The van der Waals surface area contributed by atoms with Crippen molar-refractivity contribution in [3.8, 4) is 34.8 Å². The highest BCUT2D eigenvalue weighted by molar-refractivity contribution is 5.97. The van der Waals surface area contributed by atoms with Gasteiger partial charge in [-0.15, -0.1) is 0 Å². The molecule has 1 aliphatic heterocycles. The highest BCUT2D eigenvalue weighted by Gasteiger charge is 2.48. The minimum absolute atomic E-state index is 0.0267. The van der Waals surface area contributed by atoms with Crippen molar-refractivity contribution in [3.63, 3.8) is 0 Å². The van der Waals surface area contributed by atoms with Crippen LogP contribution in [-0.4, -0.2) is 43.9 Å². The minimum atomic E-state index is -1.60. The predicted octanol–water partition coefficient (Wildman–Crippen LogP) is 14.7. The molecule has 0 aromatic heterocycles. The molecule has 392 valence electrons. The van der Waals surface area contributed by atoms with Gasteiger partial charge >= 0.3 is 11.9 Å². The lowest BCUT2D eigenvalue weighted by atomic mass is 9.73. The molecule has 7 rings (SSSR count). The summed E-state index contributed by atoms with van der Waals surface area (Å²) >= 11 is 0. The number of aromatic hydroxyl groups is 3. The maximum absolute atomic E-state index is 13.8. The number of aromatic carboxylic acids is 1. The molecule has 0 fully saturated rings. The van der Waals surface area contributed by atoms with Gasteiger partial charge in [-0.3, -0.25) is 9.59 Å². The SMILES string of the molecule is C=C(C)[C@@H]1CCC(C)=C[C@H]1c1c(O)cc(CCCCC)c(C(=O)O)c1O.C=C(C)[C@@H]1CCC(C)=C[C@H]1c1c(O)cc(CCCCC)c2c1OC(CC(C)=O)(c1ccccc1)OC2=O.CC(=O)C#Cc1ccccc1. The third-order valence-electron chi connectivity index (χ3n) is 14.1. The number of hydrogen-bond donors (Lipinski definition) is 4. The molecule has 3 aliphatic rings. The van der Waals surface area contributed by atoms with Crippen LogP contribution in [0.4, 0.5) is 0 Å². The van der Waals surface area contributed by atoms with Crippen LogP contribution in [-0.2, 0) is 33.0 Å². The zero-order valence-corrected chi connectivity index (χ0v) is 44.7. The van der Waals surface area contributed by atoms with Crippen LogP contribution in [0.2, 0.25) is 0 Å². The van der Waals surface area contributed by atoms with Gasteiger partial charge in [0.25, 0.3) is 5.79 Å². The quantitative estimate of drug-likeness (QED) is 0.0367. The number of fused-ring (bicyclic) bond motifs is 1. The fourth-order valence-corrected chi connectivity index (χ4v) is 10.4. The van der Waals surface area contributed by atoms with Crippen LogP contribution in [0.1, 0.15) is 192 Å². The summed E-state index contributed by atoms with van der Waals surface area (Å²) in [6, 6.07) is 21.8. The first kappa shape index (κ1) is 57.8. The Labute approximate surface area is 438 Å². The number of Topliss-reactive ketones (excluding diaryl/α,β-unsaturated/α-hetero) is 2. The number of carbonyl (C=O) groups excluding carboxylic acids is 3. The highest BCUT2D eigenvalue weighted by Crippen LogP contribution is 2.53. The Morgan fingerprint density at radius 3 is 1.70 bits per heavy atom. The van der Waals surface area contributed by atoms with Crippen LogP contribution in [0, 0.1) is 23.7 Å². The summed E-state index contributed by atoms with van der Waals surface area (Å²) in [6.45, 7) is 23.5. The van der Waals surface area contributed by atoms with E-state index in [-0.39, 0.29) is 64.5 Å². The topological polar surface area (TPSA) is 168 Å². The number of carbonyl (C=O) groups is 4. The van der Waals surface area contributed by atoms with Crippen LogP contribution >= 0.6 is 0 Å². The average molecular weight is 1010 g/mol. The van der Waals surface area contributed by atoms with E-state index in [2.05, 4.69) is 51.8 Å². The van der Waals surface area contributed by atoms with E-state index < -0.39 is 17.7 Å². The van der Waals surface area contributed by atoms with Crippen LogP contribution in [0.5, 0.6) is 23.0 Å². The number of aryl methyl sites for hydroxylation is 2. The molecule has 1 heterocycles. The molecule has 10 nitrogen and oxygen atoms in total. The van der Waals surface area contributed by atoms with E-state index in [1.54, 1.807) is 18.2 Å². The second-order valence-corrected chi connectivity index (χ2v) is 20.3. The summed E-state index contributed by atoms with van der Waals surface area (Å²) in [5, 5.41) is 42.6. The van der Waals surface area contributed by atoms with E-state index in [0.29, 0.717) is 52.0 Å². The molecule has 74 heavy (non-hydrogen) atoms. The third kappa shape index (κ3) is 14.6. The molecule has 1 unspecified atom stereocenters. The number of esters is 1. The Morgan fingerprint density at radius 1 is 0.703 bits per heavy atom. The van der Waals surface area contributed by atoms with Crippen LogP contribution in [0.15, 0.2) is 120 Å². The maximum Gasteiger partial charge on any atom is 0.345 e. The van der Waals surface area contributed by atoms with Gasteiger partial charge in [0.2, 0.25) is 5.78 Å². The molecule has 0 amide bonds. The van der Waals surface area contributed by atoms with Gasteiger partial charge in [0.15, 0.2) is 0 Å². The Balaban J connectivity index is 0.000000236. The third-order valence-corrected chi connectivity index (χ3v) is 14.1. The minimum Gasteiger partial charge on any atom is -0.507 e. The van der Waals surface area contributed by atoms with E-state index in [9.17, 15) is 39.6 Å². The van der Waals surface area contributed by atoms with Crippen molar-refractivity contribution in [3.05, 3.63) is 165 Å². The molecular formula is C64H76O10. The van der Waals surface area contributed by atoms with Crippen molar-refractivity contribution >= 4 is 23.5 Å². The molecule has 4 aromatic carbocycles. The Bertz CT molecular complexity index is 2820. The van der Waals surface area contributed by atoms with E-state index >= 15 is 0 Å². The van der Waals surface area contributed by atoms with Gasteiger partial charge in [-0.05, 0) is 139 Å². The normalized spacial score (nSPS) is 19.6. The Kier molecular flexibility index (Phi) is 20.9. The summed E-state index contributed by atoms with van der Waals surface area (Å²) in [4.78, 5) is 48.5. The fourth-order valence-electron chi connectivity index (χ4n) is 10.4. The van der Waals surface area contributed by atoms with E-state index in [1.807, 2.05) is 75.4 Å². The second kappa shape index (κ2) is 26.7. The molecule has 0 spiro atoms. The number of rotatable bonds is 16. The molecule has 4 aromatic rings. The molecule has 10 heteroatoms. The number of cyclic esters (lactones) is 1. The monoisotopic (exact) mass is 1000 g/mol. The highest BCUT2D eigenvalue weighted by atomic mass is 16.7. The van der Waals surface area contributed by atoms with Crippen molar-refractivity contribution in [1.29, 1.82) is 0 Å². The number of carboxylic acids is 1. The van der Waals surface area contributed by atoms with Gasteiger partial charge in [-0.1, -0.05) is 142 Å². The maximum atomic E-state index is 13.8. The summed E-state index contributed by atoms with van der Waals surface area (Å²) in [7, 11) is 0. The van der Waals surface area contributed by atoms with Crippen LogP contribution in [0.25, 0.3) is 0 Å². The van der Waals surface area contributed by atoms with E-state index in [1.165, 1.54) is 31.1 Å². The smallest absolute Gasteiger partial charge is 0.345 e. The summed E-state index contributed by atoms with van der Waals surface area (Å²) in [5.74, 6) is 1.46. The number of hydrogen-bond acceptors (Lipinski definition) is 9. The fraction of sp³-hybridized carbons (Fsp3) is 0.406. The molecular weight excluding hydrogens is 929 g/mol. The molecule has 5 atom stereocenters. The first-order chi connectivity index (χ1) is 35.2. The molecule has 0 bridgehead atoms. The van der Waals surface area contributed by atoms with Crippen molar-refractivity contribution in [1.82, 2.24) is 0 Å². The Hall–Kier alpha value is -7.12. The van der Waals surface area contributed by atoms with Gasteiger partial charge in [0.05, 0.1) is 6.42 Å². The van der Waals surface area contributed by atoms with Gasteiger partial charge in [0.1, 0.15) is 39.9 Å². The van der Waals surface area contributed by atoms with E-state index in [0.717, 1.165) is 80.9 Å². The first-order valence-corrected chi connectivity index (χ1v) is 26.1. The summed E-state index contributed by atoms with van der Waals surface area (Å²) < 4.78 is 12.7. The summed E-state index contributed by atoms with van der Waals surface area (Å²) in [6.07, 6.45) is 14.6. The first-order valence-electron chi connectivity index (χ1n) is 26.1. The lowest BCUT2D eigenvalue weighted by Crippen LogP contribution is -2.44. The van der Waals surface area contributed by atoms with Crippen molar-refractivity contribution in [2.75, 3.05) is 0 Å². The van der Waals surface area contributed by atoms with Gasteiger partial charge < -0.3 is 29.9 Å². The predicted molar refractivity (Wildman–Crippen MR) is 293 cm³/mol. The molecule has 4 N–H and O–H groups in total. The zero-order chi connectivity index (χ0) is 54.3. The number of carboxylic acid groups (broad SMARTS) is 1. The summed E-state index contributed by atoms with van der Waals surface area (Å²) in [5.41, 5.74) is 8.22. The van der Waals surface area contributed by atoms with Gasteiger partial charge in [-0.2, -0.15) is 0 Å². The second-order valence-electron chi connectivity index (χ2n) is 20.3. The number of ketones is 2. The van der Waals surface area contributed by atoms with Gasteiger partial charge in [0, 0.05) is 41.0 Å². The number of phenols is 3. The molecule has 2 aliphatic carbocycles. The lowest BCUT2D eigenvalue weighted by molar-refractivity contribution is -0.172. The average Bonchev–Trinajstić information content (AvgIpc) is 3.33. The van der Waals surface area contributed by atoms with Crippen molar-refractivity contribution in [2.45, 2.75) is 156 Å². The largest absolute Gasteiger partial charge is 0.507 e. The number of phenolic OH excluding ortho intramolecular Hbond substituents is 2. The number of unbranched alkanes of at least 4 members (excludes halogenated alkanes) is 4. The lowest BCUT2D eigenvalue weighted by Gasteiger charge is -2.41. The molecule has 0 saturated carbocycles. The zero-order valence-electron chi connectivity index (χ0n) is 44.7.